The van der Waals surface area contributed by atoms with E-state index in [9.17, 15) is 9.90 Å². The number of thiazole rings is 1. The first kappa shape index (κ1) is 15.3. The molecule has 0 spiro atoms. The minimum absolute atomic E-state index is 0.0639. The van der Waals surface area contributed by atoms with Gasteiger partial charge in [0.2, 0.25) is 5.71 Å². The van der Waals surface area contributed by atoms with Gasteiger partial charge in [-0.3, -0.25) is 0 Å². The fourth-order valence-electron chi connectivity index (χ4n) is 2.32. The number of fused-ring (bicyclic) bond motifs is 1. The number of aliphatic hydroxyl groups excluding tert-OH is 1. The third-order valence-corrected chi connectivity index (χ3v) is 4.53. The standard InChI is InChI=1S/C17H16N2O3S/c1-10-5-4-6-12(7-10)9-19(3)17-18-15-14(23-17)8-13(11(2)20)16(21)22-15/h4-8,20H,2,9H2,1,3H3. The van der Waals surface area contributed by atoms with Crippen LogP contribution in [0.4, 0.5) is 5.13 Å². The normalized spacial score (nSPS) is 10.9. The highest BCUT2D eigenvalue weighted by Crippen LogP contribution is 2.29. The number of aliphatic hydroxyl groups is 1. The molecule has 0 aliphatic carbocycles. The molecule has 0 aliphatic heterocycles. The van der Waals surface area contributed by atoms with Gasteiger partial charge >= 0.3 is 5.63 Å². The van der Waals surface area contributed by atoms with Crippen molar-refractivity contribution in [1.29, 1.82) is 0 Å². The molecule has 0 fully saturated rings. The molecule has 2 aromatic heterocycles. The monoisotopic (exact) mass is 328 g/mol. The largest absolute Gasteiger partial charge is 0.508 e. The maximum absolute atomic E-state index is 11.7. The van der Waals surface area contributed by atoms with Gasteiger partial charge in [0.25, 0.3) is 0 Å². The maximum atomic E-state index is 11.7. The van der Waals surface area contributed by atoms with E-state index in [1.165, 1.54) is 22.5 Å². The molecule has 6 heteroatoms. The maximum Gasteiger partial charge on any atom is 0.348 e. The number of benzene rings is 1. The van der Waals surface area contributed by atoms with E-state index < -0.39 is 5.63 Å². The summed E-state index contributed by atoms with van der Waals surface area (Å²) in [6, 6.07) is 9.82. The summed E-state index contributed by atoms with van der Waals surface area (Å²) < 4.78 is 5.85. The Bertz CT molecular complexity index is 942. The van der Waals surface area contributed by atoms with E-state index in [0.29, 0.717) is 11.2 Å². The van der Waals surface area contributed by atoms with Crippen molar-refractivity contribution in [1.82, 2.24) is 4.98 Å². The molecule has 0 atom stereocenters. The van der Waals surface area contributed by atoms with Crippen molar-refractivity contribution >= 4 is 32.6 Å². The highest BCUT2D eigenvalue weighted by Gasteiger charge is 2.14. The molecule has 23 heavy (non-hydrogen) atoms. The molecule has 0 bridgehead atoms. The number of nitrogens with zero attached hydrogens (tertiary/aromatic N) is 2. The van der Waals surface area contributed by atoms with Crippen LogP contribution in [0.15, 0.2) is 46.1 Å². The molecule has 0 radical (unpaired) electrons. The second-order valence-electron chi connectivity index (χ2n) is 5.41. The van der Waals surface area contributed by atoms with E-state index in [4.69, 9.17) is 4.42 Å². The Balaban J connectivity index is 1.93. The Kier molecular flexibility index (Phi) is 3.92. The van der Waals surface area contributed by atoms with Crippen LogP contribution in [0, 0.1) is 6.92 Å². The SMILES string of the molecule is C=C(O)c1cc2sc(N(C)Cc3cccc(C)c3)nc2oc1=O. The topological polar surface area (TPSA) is 66.6 Å². The van der Waals surface area contributed by atoms with Crippen LogP contribution < -0.4 is 10.5 Å². The Hall–Kier alpha value is -2.60. The number of rotatable bonds is 4. The van der Waals surface area contributed by atoms with Crippen LogP contribution in [0.1, 0.15) is 16.7 Å². The summed E-state index contributed by atoms with van der Waals surface area (Å²) in [5.74, 6) is -0.302. The van der Waals surface area contributed by atoms with Crippen LogP contribution in [-0.2, 0) is 6.54 Å². The summed E-state index contributed by atoms with van der Waals surface area (Å²) in [6.45, 7) is 6.12. The third-order valence-electron chi connectivity index (χ3n) is 3.43. The second-order valence-corrected chi connectivity index (χ2v) is 6.41. The first-order chi connectivity index (χ1) is 10.9. The van der Waals surface area contributed by atoms with Crippen LogP contribution in [-0.4, -0.2) is 17.1 Å². The molecule has 118 valence electrons. The first-order valence-corrected chi connectivity index (χ1v) is 7.85. The molecule has 3 aromatic rings. The van der Waals surface area contributed by atoms with E-state index in [-0.39, 0.29) is 17.0 Å². The van der Waals surface area contributed by atoms with Gasteiger partial charge in [-0.1, -0.05) is 47.7 Å². The fourth-order valence-corrected chi connectivity index (χ4v) is 3.22. The average molecular weight is 328 g/mol. The van der Waals surface area contributed by atoms with Gasteiger partial charge in [0.05, 0.1) is 4.70 Å². The molecule has 2 heterocycles. The van der Waals surface area contributed by atoms with Crippen molar-refractivity contribution in [3.05, 3.63) is 64.0 Å². The number of hydrogen-bond acceptors (Lipinski definition) is 6. The summed E-state index contributed by atoms with van der Waals surface area (Å²) >= 11 is 1.40. The zero-order valence-corrected chi connectivity index (χ0v) is 13.7. The van der Waals surface area contributed by atoms with Crippen molar-refractivity contribution in [3.63, 3.8) is 0 Å². The number of anilines is 1. The number of hydrogen-bond donors (Lipinski definition) is 1. The van der Waals surface area contributed by atoms with Crippen LogP contribution in [0.25, 0.3) is 16.2 Å². The highest BCUT2D eigenvalue weighted by molar-refractivity contribution is 7.22. The van der Waals surface area contributed by atoms with Gasteiger partial charge in [-0.15, -0.1) is 0 Å². The molecule has 0 saturated heterocycles. The molecule has 5 nitrogen and oxygen atoms in total. The van der Waals surface area contributed by atoms with E-state index in [1.807, 2.05) is 18.0 Å². The lowest BCUT2D eigenvalue weighted by atomic mass is 10.1. The molecular formula is C17H16N2O3S. The van der Waals surface area contributed by atoms with Crippen LogP contribution in [0.3, 0.4) is 0 Å². The molecular weight excluding hydrogens is 312 g/mol. The van der Waals surface area contributed by atoms with Crippen molar-refractivity contribution in [2.75, 3.05) is 11.9 Å². The predicted octanol–water partition coefficient (Wildman–Crippen LogP) is 3.72. The summed E-state index contributed by atoms with van der Waals surface area (Å²) in [7, 11) is 1.93. The Morgan fingerprint density at radius 3 is 2.91 bits per heavy atom. The molecule has 0 aliphatic rings. The quantitative estimate of drug-likeness (QED) is 0.739. The van der Waals surface area contributed by atoms with Crippen LogP contribution in [0.2, 0.25) is 0 Å². The van der Waals surface area contributed by atoms with E-state index in [1.54, 1.807) is 6.07 Å². The molecule has 1 aromatic carbocycles. The van der Waals surface area contributed by atoms with Gasteiger partial charge < -0.3 is 14.4 Å². The lowest BCUT2D eigenvalue weighted by molar-refractivity contribution is 0.497. The summed E-state index contributed by atoms with van der Waals surface area (Å²) in [6.07, 6.45) is 0. The molecule has 3 rings (SSSR count). The number of aromatic nitrogens is 1. The van der Waals surface area contributed by atoms with Gasteiger partial charge in [-0.25, -0.2) is 4.79 Å². The second kappa shape index (κ2) is 5.89. The molecule has 0 amide bonds. The van der Waals surface area contributed by atoms with Gasteiger partial charge in [0, 0.05) is 13.6 Å². The predicted molar refractivity (Wildman–Crippen MR) is 93.1 cm³/mol. The minimum atomic E-state index is -0.636. The lowest BCUT2D eigenvalue weighted by Gasteiger charge is -2.15. The van der Waals surface area contributed by atoms with E-state index >= 15 is 0 Å². The van der Waals surface area contributed by atoms with Crippen LogP contribution >= 0.6 is 11.3 Å². The van der Waals surface area contributed by atoms with Gasteiger partial charge in [-0.2, -0.15) is 4.98 Å². The Morgan fingerprint density at radius 1 is 1.43 bits per heavy atom. The van der Waals surface area contributed by atoms with E-state index in [0.717, 1.165) is 5.13 Å². The van der Waals surface area contributed by atoms with Crippen molar-refractivity contribution in [3.8, 4) is 0 Å². The van der Waals surface area contributed by atoms with Crippen molar-refractivity contribution in [2.45, 2.75) is 13.5 Å². The summed E-state index contributed by atoms with van der Waals surface area (Å²) in [5, 5.41) is 10.2. The van der Waals surface area contributed by atoms with Crippen molar-refractivity contribution in [2.24, 2.45) is 0 Å². The first-order valence-electron chi connectivity index (χ1n) is 7.03. The van der Waals surface area contributed by atoms with Gasteiger partial charge in [0.1, 0.15) is 11.3 Å². The highest BCUT2D eigenvalue weighted by atomic mass is 32.1. The molecule has 0 unspecified atom stereocenters. The Labute approximate surface area is 137 Å². The molecule has 0 saturated carbocycles. The molecule has 1 N–H and O–H groups in total. The Morgan fingerprint density at radius 2 is 2.22 bits per heavy atom. The lowest BCUT2D eigenvalue weighted by Crippen LogP contribution is -2.16. The smallest absolute Gasteiger partial charge is 0.348 e. The third kappa shape index (κ3) is 3.12. The van der Waals surface area contributed by atoms with Crippen LogP contribution in [0.5, 0.6) is 0 Å². The summed E-state index contributed by atoms with van der Waals surface area (Å²) in [4.78, 5) is 18.1. The number of aryl methyl sites for hydroxylation is 1. The minimum Gasteiger partial charge on any atom is -0.508 e. The van der Waals surface area contributed by atoms with Crippen molar-refractivity contribution < 1.29 is 9.52 Å². The fraction of sp³-hybridized carbons (Fsp3) is 0.176. The zero-order chi connectivity index (χ0) is 16.6. The van der Waals surface area contributed by atoms with Gasteiger partial charge in [0.15, 0.2) is 5.13 Å². The zero-order valence-electron chi connectivity index (χ0n) is 12.9. The van der Waals surface area contributed by atoms with Gasteiger partial charge in [-0.05, 0) is 18.6 Å². The summed E-state index contributed by atoms with van der Waals surface area (Å²) in [5.41, 5.74) is 2.09. The van der Waals surface area contributed by atoms with E-state index in [2.05, 4.69) is 36.7 Å². The average Bonchev–Trinajstić information content (AvgIpc) is 2.89.